The zero-order chi connectivity index (χ0) is 12.9. The molecule has 0 saturated heterocycles. The van der Waals surface area contributed by atoms with E-state index < -0.39 is 5.54 Å². The summed E-state index contributed by atoms with van der Waals surface area (Å²) in [6.45, 7) is 3.63. The molecule has 1 unspecified atom stereocenters. The maximum atomic E-state index is 11.9. The monoisotopic (exact) mass is 257 g/mol. The van der Waals surface area contributed by atoms with Gasteiger partial charge in [0.1, 0.15) is 5.76 Å². The highest BCUT2D eigenvalue weighted by Gasteiger charge is 2.25. The van der Waals surface area contributed by atoms with Gasteiger partial charge in [0, 0.05) is 0 Å². The summed E-state index contributed by atoms with van der Waals surface area (Å²) in [6.07, 6.45) is 2.63. The molecule has 0 saturated carbocycles. The molecule has 5 heteroatoms. The van der Waals surface area contributed by atoms with Gasteiger partial charge < -0.3 is 14.8 Å². The second kappa shape index (κ2) is 6.12. The normalized spacial score (nSPS) is 14.4. The highest BCUT2D eigenvalue weighted by molar-refractivity contribution is 7.97. The van der Waals surface area contributed by atoms with E-state index in [2.05, 4.69) is 5.32 Å². The summed E-state index contributed by atoms with van der Waals surface area (Å²) >= 11 is 1.64. The number of nitrogens with one attached hydrogen (secondary N) is 1. The van der Waals surface area contributed by atoms with Crippen molar-refractivity contribution >= 4 is 17.7 Å². The van der Waals surface area contributed by atoms with Crippen LogP contribution in [-0.2, 0) is 5.75 Å². The Morgan fingerprint density at radius 3 is 2.82 bits per heavy atom. The molecule has 1 amide bonds. The molecule has 0 aliphatic heterocycles. The Bertz CT molecular complexity index is 372. The van der Waals surface area contributed by atoms with Crippen LogP contribution in [0.2, 0.25) is 0 Å². The molecule has 1 rings (SSSR count). The van der Waals surface area contributed by atoms with Crippen molar-refractivity contribution in [2.24, 2.45) is 0 Å². The lowest BCUT2D eigenvalue weighted by molar-refractivity contribution is 0.0818. The van der Waals surface area contributed by atoms with Gasteiger partial charge in [-0.25, -0.2) is 0 Å². The zero-order valence-electron chi connectivity index (χ0n) is 10.4. The molecule has 0 fully saturated rings. The van der Waals surface area contributed by atoms with E-state index in [1.165, 1.54) is 0 Å². The third kappa shape index (κ3) is 3.78. The Morgan fingerprint density at radius 1 is 1.59 bits per heavy atom. The number of aliphatic hydroxyl groups excluding tert-OH is 1. The first-order valence-electron chi connectivity index (χ1n) is 5.55. The number of aliphatic hydroxyl groups is 1. The molecule has 0 spiro atoms. The summed E-state index contributed by atoms with van der Waals surface area (Å²) in [7, 11) is 0. The van der Waals surface area contributed by atoms with E-state index in [0.717, 1.165) is 11.5 Å². The van der Waals surface area contributed by atoms with E-state index in [-0.39, 0.29) is 12.5 Å². The molecule has 0 aromatic carbocycles. The summed E-state index contributed by atoms with van der Waals surface area (Å²) in [5.74, 6) is 1.54. The van der Waals surface area contributed by atoms with Crippen molar-refractivity contribution in [1.29, 1.82) is 0 Å². The van der Waals surface area contributed by atoms with E-state index >= 15 is 0 Å². The van der Waals surface area contributed by atoms with Crippen LogP contribution in [0.25, 0.3) is 0 Å². The van der Waals surface area contributed by atoms with Crippen molar-refractivity contribution in [3.8, 4) is 0 Å². The molecule has 0 bridgehead atoms. The van der Waals surface area contributed by atoms with E-state index in [1.807, 2.05) is 13.2 Å². The van der Waals surface area contributed by atoms with Crippen molar-refractivity contribution in [2.45, 2.75) is 31.6 Å². The third-order valence-corrected chi connectivity index (χ3v) is 3.29. The van der Waals surface area contributed by atoms with Gasteiger partial charge >= 0.3 is 0 Å². The van der Waals surface area contributed by atoms with Crippen LogP contribution in [0.4, 0.5) is 0 Å². The number of hydrogen-bond acceptors (Lipinski definition) is 4. The quantitative estimate of drug-likeness (QED) is 0.818. The maximum Gasteiger partial charge on any atom is 0.287 e. The summed E-state index contributed by atoms with van der Waals surface area (Å²) in [5, 5.41) is 12.0. The minimum atomic E-state index is -0.594. The van der Waals surface area contributed by atoms with Gasteiger partial charge in [-0.3, -0.25) is 4.79 Å². The van der Waals surface area contributed by atoms with Gasteiger partial charge in [0.25, 0.3) is 5.91 Å². The molecule has 1 atom stereocenters. The summed E-state index contributed by atoms with van der Waals surface area (Å²) in [6, 6.07) is 3.46. The summed E-state index contributed by atoms with van der Waals surface area (Å²) < 4.78 is 5.41. The molecular formula is C12H19NO3S. The lowest BCUT2D eigenvalue weighted by atomic mass is 10.0. The first-order valence-corrected chi connectivity index (χ1v) is 6.95. The van der Waals surface area contributed by atoms with Crippen LogP contribution >= 0.6 is 11.8 Å². The van der Waals surface area contributed by atoms with Crippen LogP contribution in [0.15, 0.2) is 16.5 Å². The highest BCUT2D eigenvalue weighted by Crippen LogP contribution is 2.15. The van der Waals surface area contributed by atoms with Crippen molar-refractivity contribution < 1.29 is 14.3 Å². The Hall–Kier alpha value is -0.940. The molecule has 1 heterocycles. The predicted molar refractivity (Wildman–Crippen MR) is 69.2 cm³/mol. The van der Waals surface area contributed by atoms with Crippen LogP contribution in [0.3, 0.4) is 0 Å². The minimum absolute atomic E-state index is 0.0897. The van der Waals surface area contributed by atoms with Gasteiger partial charge in [-0.1, -0.05) is 6.92 Å². The van der Waals surface area contributed by atoms with E-state index in [4.69, 9.17) is 4.42 Å². The first-order chi connectivity index (χ1) is 8.04. The molecule has 0 radical (unpaired) electrons. The molecule has 0 aliphatic carbocycles. The van der Waals surface area contributed by atoms with Crippen LogP contribution in [0, 0.1) is 0 Å². The number of carbonyl (C=O) groups is 1. The Kier molecular flexibility index (Phi) is 5.08. The van der Waals surface area contributed by atoms with Gasteiger partial charge in [-0.15, -0.1) is 0 Å². The summed E-state index contributed by atoms with van der Waals surface area (Å²) in [4.78, 5) is 11.9. The molecule has 1 aromatic heterocycles. The fraction of sp³-hybridized carbons (Fsp3) is 0.583. The molecule has 1 aromatic rings. The second-order valence-electron chi connectivity index (χ2n) is 4.23. The SMILES string of the molecule is CCC(C)(CO)NC(=O)c1ccc(CSC)o1. The number of furan rings is 1. The number of hydrogen-bond donors (Lipinski definition) is 2. The fourth-order valence-corrected chi connectivity index (χ4v) is 1.73. The molecule has 17 heavy (non-hydrogen) atoms. The molecule has 2 N–H and O–H groups in total. The molecule has 96 valence electrons. The van der Waals surface area contributed by atoms with Crippen molar-refractivity contribution in [1.82, 2.24) is 5.32 Å². The topological polar surface area (TPSA) is 62.5 Å². The standard InChI is InChI=1S/C12H19NO3S/c1-4-12(2,8-14)13-11(15)10-6-5-9(16-10)7-17-3/h5-6,14H,4,7-8H2,1-3H3,(H,13,15). The molecule has 0 aliphatic rings. The lowest BCUT2D eigenvalue weighted by Crippen LogP contribution is -2.48. The summed E-state index contributed by atoms with van der Waals surface area (Å²) in [5.41, 5.74) is -0.594. The Labute approximate surface area is 106 Å². The van der Waals surface area contributed by atoms with Crippen molar-refractivity contribution in [3.63, 3.8) is 0 Å². The highest BCUT2D eigenvalue weighted by atomic mass is 32.2. The van der Waals surface area contributed by atoms with E-state index in [9.17, 15) is 9.90 Å². The number of amides is 1. The second-order valence-corrected chi connectivity index (χ2v) is 5.09. The predicted octanol–water partition coefficient (Wildman–Crippen LogP) is 2.03. The Balaban J connectivity index is 2.69. The first kappa shape index (κ1) is 14.1. The van der Waals surface area contributed by atoms with E-state index in [1.54, 1.807) is 30.8 Å². The van der Waals surface area contributed by atoms with Crippen LogP contribution in [0.5, 0.6) is 0 Å². The van der Waals surface area contributed by atoms with E-state index in [0.29, 0.717) is 12.2 Å². The van der Waals surface area contributed by atoms with Gasteiger partial charge in [-0.05, 0) is 31.7 Å². The molecule has 4 nitrogen and oxygen atoms in total. The minimum Gasteiger partial charge on any atom is -0.455 e. The Morgan fingerprint density at radius 2 is 2.29 bits per heavy atom. The van der Waals surface area contributed by atoms with Crippen molar-refractivity contribution in [3.05, 3.63) is 23.7 Å². The lowest BCUT2D eigenvalue weighted by Gasteiger charge is -2.26. The van der Waals surface area contributed by atoms with Gasteiger partial charge in [0.2, 0.25) is 0 Å². The third-order valence-electron chi connectivity index (χ3n) is 2.72. The maximum absolute atomic E-state index is 11.9. The fourth-order valence-electron chi connectivity index (χ4n) is 1.30. The van der Waals surface area contributed by atoms with Gasteiger partial charge in [0.15, 0.2) is 5.76 Å². The average molecular weight is 257 g/mol. The molecular weight excluding hydrogens is 238 g/mol. The van der Waals surface area contributed by atoms with Gasteiger partial charge in [0.05, 0.1) is 17.9 Å². The smallest absolute Gasteiger partial charge is 0.287 e. The zero-order valence-corrected chi connectivity index (χ0v) is 11.3. The number of thioether (sulfide) groups is 1. The van der Waals surface area contributed by atoms with Crippen LogP contribution in [-0.4, -0.2) is 29.4 Å². The average Bonchev–Trinajstić information content (AvgIpc) is 2.78. The van der Waals surface area contributed by atoms with Gasteiger partial charge in [-0.2, -0.15) is 11.8 Å². The largest absolute Gasteiger partial charge is 0.455 e. The van der Waals surface area contributed by atoms with Crippen molar-refractivity contribution in [2.75, 3.05) is 12.9 Å². The van der Waals surface area contributed by atoms with Crippen LogP contribution in [0.1, 0.15) is 36.6 Å². The number of rotatable bonds is 6. The van der Waals surface area contributed by atoms with Crippen LogP contribution < -0.4 is 5.32 Å². The number of carbonyl (C=O) groups excluding carboxylic acids is 1.